The molecule has 1 rings (SSSR count). The summed E-state index contributed by atoms with van der Waals surface area (Å²) in [5, 5.41) is 19.1. The van der Waals surface area contributed by atoms with Crippen LogP contribution in [0.4, 0.5) is 14.5 Å². The number of hydrogen-bond donors (Lipinski definition) is 1. The van der Waals surface area contributed by atoms with E-state index in [1.54, 1.807) is 0 Å². The summed E-state index contributed by atoms with van der Waals surface area (Å²) < 4.78 is 30.9. The Labute approximate surface area is 89.4 Å². The molecule has 0 aliphatic carbocycles. The number of ether oxygens (including phenoxy) is 1. The Bertz CT molecular complexity index is 409. The van der Waals surface area contributed by atoms with E-state index < -0.39 is 34.1 Å². The molecule has 0 saturated heterocycles. The lowest BCUT2D eigenvalue weighted by atomic mass is 10.3. The number of nitrogens with zero attached hydrogens (tertiary/aromatic N) is 1. The Balaban J connectivity index is 2.96. The number of nitro groups is 1. The SMILES string of the molecule is C[C@H](O)COc1cc(F)c([N+](=O)[O-])cc1F. The van der Waals surface area contributed by atoms with Crippen molar-refractivity contribution in [3.63, 3.8) is 0 Å². The summed E-state index contributed by atoms with van der Waals surface area (Å²) in [5.74, 6) is -2.70. The molecular formula is C9H9F2NO4. The Morgan fingerprint density at radius 3 is 2.62 bits per heavy atom. The summed E-state index contributed by atoms with van der Waals surface area (Å²) in [4.78, 5) is 9.24. The van der Waals surface area contributed by atoms with Crippen molar-refractivity contribution in [2.45, 2.75) is 13.0 Å². The van der Waals surface area contributed by atoms with Gasteiger partial charge in [0.25, 0.3) is 0 Å². The lowest BCUT2D eigenvalue weighted by Crippen LogP contribution is -2.13. The summed E-state index contributed by atoms with van der Waals surface area (Å²) >= 11 is 0. The van der Waals surface area contributed by atoms with E-state index in [1.807, 2.05) is 0 Å². The number of halogens is 2. The molecule has 0 amide bonds. The molecule has 0 saturated carbocycles. The van der Waals surface area contributed by atoms with Gasteiger partial charge in [-0.25, -0.2) is 4.39 Å². The summed E-state index contributed by atoms with van der Waals surface area (Å²) in [5.41, 5.74) is -0.957. The van der Waals surface area contributed by atoms with Crippen molar-refractivity contribution in [2.75, 3.05) is 6.61 Å². The first-order chi connectivity index (χ1) is 7.41. The van der Waals surface area contributed by atoms with Crippen LogP contribution < -0.4 is 4.74 Å². The van der Waals surface area contributed by atoms with Gasteiger partial charge in [0.15, 0.2) is 11.6 Å². The molecule has 0 aliphatic heterocycles. The molecule has 1 aromatic rings. The number of rotatable bonds is 4. The first kappa shape index (κ1) is 12.3. The van der Waals surface area contributed by atoms with Crippen molar-refractivity contribution in [3.05, 3.63) is 33.9 Å². The lowest BCUT2D eigenvalue weighted by molar-refractivity contribution is -0.387. The first-order valence-electron chi connectivity index (χ1n) is 4.36. The minimum absolute atomic E-state index is 0.228. The van der Waals surface area contributed by atoms with E-state index >= 15 is 0 Å². The molecule has 0 aliphatic rings. The largest absolute Gasteiger partial charge is 0.488 e. The second-order valence-electron chi connectivity index (χ2n) is 3.15. The molecule has 0 fully saturated rings. The zero-order chi connectivity index (χ0) is 12.3. The van der Waals surface area contributed by atoms with Crippen LogP contribution in [0.2, 0.25) is 0 Å². The molecule has 1 atom stereocenters. The zero-order valence-electron chi connectivity index (χ0n) is 8.31. The van der Waals surface area contributed by atoms with Crippen LogP contribution in [0.3, 0.4) is 0 Å². The second-order valence-corrected chi connectivity index (χ2v) is 3.15. The Morgan fingerprint density at radius 2 is 2.12 bits per heavy atom. The van der Waals surface area contributed by atoms with Crippen molar-refractivity contribution < 1.29 is 23.5 Å². The van der Waals surface area contributed by atoms with Gasteiger partial charge in [-0.2, -0.15) is 4.39 Å². The van der Waals surface area contributed by atoms with Gasteiger partial charge in [-0.15, -0.1) is 0 Å². The molecule has 1 N–H and O–H groups in total. The molecule has 5 nitrogen and oxygen atoms in total. The van der Waals surface area contributed by atoms with Gasteiger partial charge in [0.05, 0.1) is 17.1 Å². The van der Waals surface area contributed by atoms with E-state index in [0.29, 0.717) is 12.1 Å². The third-order valence-corrected chi connectivity index (χ3v) is 1.68. The molecular weight excluding hydrogens is 224 g/mol. The van der Waals surface area contributed by atoms with Gasteiger partial charge in [-0.05, 0) is 6.92 Å². The molecule has 0 heterocycles. The van der Waals surface area contributed by atoms with Crippen LogP contribution in [0.5, 0.6) is 5.75 Å². The quantitative estimate of drug-likeness (QED) is 0.633. The molecule has 0 spiro atoms. The lowest BCUT2D eigenvalue weighted by Gasteiger charge is -2.08. The van der Waals surface area contributed by atoms with Crippen LogP contribution in [-0.4, -0.2) is 22.7 Å². The van der Waals surface area contributed by atoms with Crippen molar-refractivity contribution in [3.8, 4) is 5.75 Å². The van der Waals surface area contributed by atoms with Gasteiger partial charge in [0, 0.05) is 6.07 Å². The monoisotopic (exact) mass is 233 g/mol. The fourth-order valence-electron chi connectivity index (χ4n) is 0.979. The maximum absolute atomic E-state index is 13.2. The second kappa shape index (κ2) is 4.84. The highest BCUT2D eigenvalue weighted by Gasteiger charge is 2.19. The average molecular weight is 233 g/mol. The van der Waals surface area contributed by atoms with E-state index in [2.05, 4.69) is 0 Å². The molecule has 1 aromatic carbocycles. The molecule has 88 valence electrons. The van der Waals surface area contributed by atoms with E-state index in [9.17, 15) is 18.9 Å². The molecule has 16 heavy (non-hydrogen) atoms. The van der Waals surface area contributed by atoms with E-state index in [-0.39, 0.29) is 6.61 Å². The van der Waals surface area contributed by atoms with Gasteiger partial charge in [0.2, 0.25) is 5.82 Å². The molecule has 0 unspecified atom stereocenters. The van der Waals surface area contributed by atoms with Gasteiger partial charge < -0.3 is 9.84 Å². The molecule has 0 bridgehead atoms. The number of hydrogen-bond acceptors (Lipinski definition) is 4. The van der Waals surface area contributed by atoms with Crippen LogP contribution in [0.15, 0.2) is 12.1 Å². The van der Waals surface area contributed by atoms with Crippen molar-refractivity contribution in [2.24, 2.45) is 0 Å². The predicted molar refractivity (Wildman–Crippen MR) is 50.2 cm³/mol. The minimum atomic E-state index is -1.19. The highest BCUT2D eigenvalue weighted by atomic mass is 19.1. The van der Waals surface area contributed by atoms with Crippen molar-refractivity contribution in [1.29, 1.82) is 0 Å². The molecule has 0 aromatic heterocycles. The summed E-state index contributed by atoms with van der Waals surface area (Å²) in [6.07, 6.45) is -0.849. The molecule has 7 heteroatoms. The maximum atomic E-state index is 13.2. The van der Waals surface area contributed by atoms with Crippen LogP contribution >= 0.6 is 0 Å². The van der Waals surface area contributed by atoms with Gasteiger partial charge >= 0.3 is 5.69 Å². The van der Waals surface area contributed by atoms with Gasteiger partial charge in [0.1, 0.15) is 6.61 Å². The summed E-state index contributed by atoms with van der Waals surface area (Å²) in [6, 6.07) is 1.02. The Morgan fingerprint density at radius 1 is 1.50 bits per heavy atom. The number of nitro benzene ring substituents is 1. The van der Waals surface area contributed by atoms with Crippen LogP contribution in [0.25, 0.3) is 0 Å². The summed E-state index contributed by atoms with van der Waals surface area (Å²) in [7, 11) is 0. The number of aliphatic hydroxyl groups excluding tert-OH is 1. The van der Waals surface area contributed by atoms with Crippen LogP contribution in [0, 0.1) is 21.7 Å². The third-order valence-electron chi connectivity index (χ3n) is 1.68. The van der Waals surface area contributed by atoms with Crippen LogP contribution in [0.1, 0.15) is 6.92 Å². The third kappa shape index (κ3) is 2.86. The van der Waals surface area contributed by atoms with E-state index in [1.165, 1.54) is 6.92 Å². The standard InChI is InChI=1S/C9H9F2NO4/c1-5(13)4-16-9-3-6(10)8(12(14)15)2-7(9)11/h2-3,5,13H,4H2,1H3/t5-/m0/s1. The van der Waals surface area contributed by atoms with Crippen molar-refractivity contribution >= 4 is 5.69 Å². The van der Waals surface area contributed by atoms with E-state index in [4.69, 9.17) is 9.84 Å². The minimum Gasteiger partial charge on any atom is -0.488 e. The Kier molecular flexibility index (Phi) is 3.73. The fourth-order valence-corrected chi connectivity index (χ4v) is 0.979. The van der Waals surface area contributed by atoms with Gasteiger partial charge in [-0.3, -0.25) is 10.1 Å². The zero-order valence-corrected chi connectivity index (χ0v) is 8.31. The normalized spacial score (nSPS) is 12.2. The Hall–Kier alpha value is -1.76. The van der Waals surface area contributed by atoms with Crippen molar-refractivity contribution in [1.82, 2.24) is 0 Å². The highest BCUT2D eigenvalue weighted by molar-refractivity contribution is 5.39. The first-order valence-corrected chi connectivity index (χ1v) is 4.36. The number of benzene rings is 1. The van der Waals surface area contributed by atoms with E-state index in [0.717, 1.165) is 0 Å². The van der Waals surface area contributed by atoms with Gasteiger partial charge in [-0.1, -0.05) is 0 Å². The average Bonchev–Trinajstić information content (AvgIpc) is 2.18. The van der Waals surface area contributed by atoms with Crippen LogP contribution in [-0.2, 0) is 0 Å². The maximum Gasteiger partial charge on any atom is 0.307 e. The highest BCUT2D eigenvalue weighted by Crippen LogP contribution is 2.26. The summed E-state index contributed by atoms with van der Waals surface area (Å²) in [6.45, 7) is 1.17. The fraction of sp³-hybridized carbons (Fsp3) is 0.333. The molecule has 0 radical (unpaired) electrons. The predicted octanol–water partition coefficient (Wildman–Crippen LogP) is 1.63. The topological polar surface area (TPSA) is 72.6 Å². The number of aliphatic hydroxyl groups is 1. The smallest absolute Gasteiger partial charge is 0.307 e.